The van der Waals surface area contributed by atoms with E-state index in [1.807, 2.05) is 49.4 Å². The summed E-state index contributed by atoms with van der Waals surface area (Å²) in [5.74, 6) is 0.0792. The number of methoxy groups -OCH3 is 1. The molecule has 0 fully saturated rings. The number of esters is 1. The van der Waals surface area contributed by atoms with Gasteiger partial charge in [-0.3, -0.25) is 4.79 Å². The summed E-state index contributed by atoms with van der Waals surface area (Å²) in [6, 6.07) is 20.2. The van der Waals surface area contributed by atoms with Crippen LogP contribution in [0.5, 0.6) is 0 Å². The molecule has 1 heterocycles. The van der Waals surface area contributed by atoms with Crippen molar-refractivity contribution < 1.29 is 9.53 Å². The van der Waals surface area contributed by atoms with Gasteiger partial charge in [-0.05, 0) is 31.2 Å². The maximum absolute atomic E-state index is 12.4. The molecule has 0 aliphatic rings. The van der Waals surface area contributed by atoms with Gasteiger partial charge in [0.2, 0.25) is 0 Å². The zero-order chi connectivity index (χ0) is 16.4. The molecule has 3 rings (SSSR count). The second kappa shape index (κ2) is 6.13. The Hall–Kier alpha value is -2.20. The zero-order valence-corrected chi connectivity index (χ0v) is 14.1. The largest absolute Gasteiger partial charge is 0.468 e. The quantitative estimate of drug-likeness (QED) is 0.581. The van der Waals surface area contributed by atoms with Gasteiger partial charge in [-0.25, -0.2) is 0 Å². The maximum Gasteiger partial charge on any atom is 0.318 e. The first-order valence-corrected chi connectivity index (χ1v) is 8.10. The molecule has 0 aliphatic carbocycles. The van der Waals surface area contributed by atoms with E-state index in [1.54, 1.807) is 0 Å². The molecule has 118 valence electrons. The molecule has 3 nitrogen and oxygen atoms in total. The molecule has 1 unspecified atom stereocenters. The Balaban J connectivity index is 2.35. The third-order valence-electron chi connectivity index (χ3n) is 4.24. The highest BCUT2D eigenvalue weighted by Crippen LogP contribution is 2.34. The third kappa shape index (κ3) is 2.53. The minimum Gasteiger partial charge on any atom is -0.468 e. The highest BCUT2D eigenvalue weighted by molar-refractivity contribution is 7.80. The smallest absolute Gasteiger partial charge is 0.318 e. The number of aromatic nitrogens is 1. The van der Waals surface area contributed by atoms with Crippen molar-refractivity contribution in [3.05, 3.63) is 66.4 Å². The van der Waals surface area contributed by atoms with Gasteiger partial charge in [0, 0.05) is 22.5 Å². The number of carbonyl (C=O) groups is 1. The van der Waals surface area contributed by atoms with Gasteiger partial charge < -0.3 is 9.30 Å². The number of hydrogen-bond acceptors (Lipinski definition) is 3. The first kappa shape index (κ1) is 15.7. The maximum atomic E-state index is 12.4. The van der Waals surface area contributed by atoms with Crippen molar-refractivity contribution in [2.24, 2.45) is 0 Å². The average molecular weight is 325 g/mol. The predicted octanol–water partition coefficient (Wildman–Crippen LogP) is 3.99. The summed E-state index contributed by atoms with van der Waals surface area (Å²) >= 11 is 4.43. The Bertz CT molecular complexity index is 841. The lowest BCUT2D eigenvalue weighted by atomic mass is 9.88. The number of nitrogens with zero attached hydrogens (tertiary/aromatic N) is 1. The van der Waals surface area contributed by atoms with E-state index in [0.29, 0.717) is 5.75 Å². The topological polar surface area (TPSA) is 31.2 Å². The Morgan fingerprint density at radius 1 is 1.13 bits per heavy atom. The Labute approximate surface area is 141 Å². The van der Waals surface area contributed by atoms with Gasteiger partial charge >= 0.3 is 5.97 Å². The normalized spacial score (nSPS) is 13.7. The Kier molecular flexibility index (Phi) is 4.18. The fourth-order valence-electron chi connectivity index (χ4n) is 2.89. The van der Waals surface area contributed by atoms with Crippen molar-refractivity contribution in [1.29, 1.82) is 0 Å². The van der Waals surface area contributed by atoms with Gasteiger partial charge in [0.25, 0.3) is 0 Å². The third-order valence-corrected chi connectivity index (χ3v) is 4.88. The second-order valence-electron chi connectivity index (χ2n) is 5.74. The van der Waals surface area contributed by atoms with Crippen LogP contribution in [0, 0.1) is 0 Å². The summed E-state index contributed by atoms with van der Waals surface area (Å²) in [5.41, 5.74) is 2.13. The summed E-state index contributed by atoms with van der Waals surface area (Å²) in [6.07, 6.45) is 0. The number of hydrogen-bond donors (Lipinski definition) is 1. The van der Waals surface area contributed by atoms with Crippen LogP contribution in [0.1, 0.15) is 12.6 Å². The molecule has 2 aromatic carbocycles. The van der Waals surface area contributed by atoms with E-state index < -0.39 is 5.41 Å². The fourth-order valence-corrected chi connectivity index (χ4v) is 3.18. The van der Waals surface area contributed by atoms with Gasteiger partial charge in [-0.2, -0.15) is 12.6 Å². The van der Waals surface area contributed by atoms with Crippen molar-refractivity contribution in [3.63, 3.8) is 0 Å². The van der Waals surface area contributed by atoms with E-state index in [9.17, 15) is 4.79 Å². The molecular formula is C19H19NO2S. The van der Waals surface area contributed by atoms with Crippen LogP contribution < -0.4 is 0 Å². The van der Waals surface area contributed by atoms with E-state index in [-0.39, 0.29) is 5.97 Å². The Morgan fingerprint density at radius 3 is 2.43 bits per heavy atom. The molecule has 3 aromatic rings. The van der Waals surface area contributed by atoms with Crippen molar-refractivity contribution in [2.45, 2.75) is 12.3 Å². The number of rotatable bonds is 4. The zero-order valence-electron chi connectivity index (χ0n) is 13.2. The van der Waals surface area contributed by atoms with Gasteiger partial charge in [0.05, 0.1) is 12.6 Å². The van der Waals surface area contributed by atoms with Crippen LogP contribution in [0.15, 0.2) is 60.7 Å². The summed E-state index contributed by atoms with van der Waals surface area (Å²) in [6.45, 7) is 1.87. The summed E-state index contributed by atoms with van der Waals surface area (Å²) in [5, 5.41) is 1.09. The Morgan fingerprint density at radius 2 is 1.78 bits per heavy atom. The summed E-state index contributed by atoms with van der Waals surface area (Å²) < 4.78 is 7.16. The molecule has 1 atom stereocenters. The van der Waals surface area contributed by atoms with Crippen molar-refractivity contribution in [3.8, 4) is 5.69 Å². The molecule has 0 saturated heterocycles. The first-order valence-electron chi connectivity index (χ1n) is 7.47. The molecule has 0 N–H and O–H groups in total. The number of ether oxygens (including phenoxy) is 1. The van der Waals surface area contributed by atoms with Gasteiger partial charge in [-0.1, -0.05) is 36.4 Å². The van der Waals surface area contributed by atoms with E-state index in [4.69, 9.17) is 4.74 Å². The average Bonchev–Trinajstić information content (AvgIpc) is 3.01. The standard InChI is InChI=1S/C19H19NO2S/c1-19(13-23,18(21)22-2)17-12-14-8-6-7-11-16(14)20(17)15-9-4-3-5-10-15/h3-12,23H,13H2,1-2H3. The summed E-state index contributed by atoms with van der Waals surface area (Å²) in [7, 11) is 1.42. The highest BCUT2D eigenvalue weighted by atomic mass is 32.1. The number of thiol groups is 1. The van der Waals surface area contributed by atoms with E-state index in [0.717, 1.165) is 22.3 Å². The van der Waals surface area contributed by atoms with Crippen molar-refractivity contribution in [2.75, 3.05) is 12.9 Å². The lowest BCUT2D eigenvalue weighted by Crippen LogP contribution is -2.37. The van der Waals surface area contributed by atoms with E-state index >= 15 is 0 Å². The molecule has 0 aliphatic heterocycles. The first-order chi connectivity index (χ1) is 11.1. The highest BCUT2D eigenvalue weighted by Gasteiger charge is 2.38. The van der Waals surface area contributed by atoms with Crippen LogP contribution in [0.4, 0.5) is 0 Å². The predicted molar refractivity (Wildman–Crippen MR) is 96.5 cm³/mol. The number of carbonyl (C=O) groups excluding carboxylic acids is 1. The molecular weight excluding hydrogens is 306 g/mol. The minimum absolute atomic E-state index is 0.285. The lowest BCUT2D eigenvalue weighted by molar-refractivity contribution is -0.146. The van der Waals surface area contributed by atoms with E-state index in [1.165, 1.54) is 7.11 Å². The molecule has 0 bridgehead atoms. The SMILES string of the molecule is COC(=O)C(C)(CS)c1cc2ccccc2n1-c1ccccc1. The van der Waals surface area contributed by atoms with Crippen LogP contribution in [-0.4, -0.2) is 23.4 Å². The number of benzene rings is 2. The summed E-state index contributed by atoms with van der Waals surface area (Å²) in [4.78, 5) is 12.4. The molecule has 0 radical (unpaired) electrons. The molecule has 0 spiro atoms. The van der Waals surface area contributed by atoms with Crippen molar-refractivity contribution >= 4 is 29.5 Å². The van der Waals surface area contributed by atoms with Crippen LogP contribution >= 0.6 is 12.6 Å². The molecule has 0 amide bonds. The lowest BCUT2D eigenvalue weighted by Gasteiger charge is -2.26. The fraction of sp³-hybridized carbons (Fsp3) is 0.211. The van der Waals surface area contributed by atoms with Crippen LogP contribution in [0.25, 0.3) is 16.6 Å². The minimum atomic E-state index is -0.827. The molecule has 1 aromatic heterocycles. The van der Waals surface area contributed by atoms with Crippen LogP contribution in [-0.2, 0) is 14.9 Å². The van der Waals surface area contributed by atoms with Crippen LogP contribution in [0.2, 0.25) is 0 Å². The van der Waals surface area contributed by atoms with Gasteiger partial charge in [0.1, 0.15) is 5.41 Å². The second-order valence-corrected chi connectivity index (χ2v) is 6.06. The molecule has 23 heavy (non-hydrogen) atoms. The molecule has 4 heteroatoms. The van der Waals surface area contributed by atoms with Gasteiger partial charge in [-0.15, -0.1) is 0 Å². The van der Waals surface area contributed by atoms with E-state index in [2.05, 4.69) is 35.4 Å². The molecule has 0 saturated carbocycles. The monoisotopic (exact) mass is 325 g/mol. The number of para-hydroxylation sites is 2. The van der Waals surface area contributed by atoms with Crippen LogP contribution in [0.3, 0.4) is 0 Å². The number of fused-ring (bicyclic) bond motifs is 1. The van der Waals surface area contributed by atoms with Crippen molar-refractivity contribution in [1.82, 2.24) is 4.57 Å². The van der Waals surface area contributed by atoms with Gasteiger partial charge in [0.15, 0.2) is 0 Å².